The molecule has 9 nitrogen and oxygen atoms in total. The van der Waals surface area contributed by atoms with Crippen LogP contribution in [0, 0.1) is 11.3 Å². The molecule has 6 rings (SSSR count). The van der Waals surface area contributed by atoms with E-state index in [1.165, 1.54) is 18.1 Å². The SMILES string of the molecule is CS(=O)(=O)c1ccc(CN2CCC3(CCN(C(C(=O)c4cncnc4)[C@@H]4CNC[C@@H]4c4ccccc4)CC3)C2=O)cc1. The van der Waals surface area contributed by atoms with E-state index >= 15 is 0 Å². The van der Waals surface area contributed by atoms with Gasteiger partial charge in [0, 0.05) is 56.7 Å². The highest BCUT2D eigenvalue weighted by Gasteiger charge is 2.50. The molecule has 1 aromatic heterocycles. The van der Waals surface area contributed by atoms with Crippen molar-refractivity contribution in [2.24, 2.45) is 11.3 Å². The Balaban J connectivity index is 1.18. The summed E-state index contributed by atoms with van der Waals surface area (Å²) in [5.74, 6) is 0.495. The standard InChI is InChI=1S/C32H37N5O4S/c1-42(40,41)26-9-7-23(8-10-26)21-37-16-13-32(31(37)39)11-14-36(15-12-32)29(30(38)25-17-34-22-35-18-25)28-20-33-19-27(28)24-5-3-2-4-6-24/h2-10,17-18,22,27-29,33H,11-16,19-21H2,1H3/t27-,28-,29?/m1/s1. The first-order valence-electron chi connectivity index (χ1n) is 14.6. The number of Topliss-reactive ketones (excluding diaryl/α,β-unsaturated/α-hetero) is 1. The fraction of sp³-hybridized carbons (Fsp3) is 0.438. The number of sulfone groups is 1. The third kappa shape index (κ3) is 5.63. The summed E-state index contributed by atoms with van der Waals surface area (Å²) in [4.78, 5) is 40.5. The summed E-state index contributed by atoms with van der Waals surface area (Å²) >= 11 is 0. The summed E-state index contributed by atoms with van der Waals surface area (Å²) in [7, 11) is -3.26. The second kappa shape index (κ2) is 11.7. The first-order chi connectivity index (χ1) is 20.2. The monoisotopic (exact) mass is 587 g/mol. The van der Waals surface area contributed by atoms with Crippen LogP contribution in [0.1, 0.15) is 46.7 Å². The van der Waals surface area contributed by atoms with Crippen molar-refractivity contribution < 1.29 is 18.0 Å². The van der Waals surface area contributed by atoms with Crippen molar-refractivity contribution in [3.63, 3.8) is 0 Å². The summed E-state index contributed by atoms with van der Waals surface area (Å²) in [6.45, 7) is 4.06. The van der Waals surface area contributed by atoms with Crippen LogP contribution < -0.4 is 5.32 Å². The van der Waals surface area contributed by atoms with Crippen LogP contribution in [0.15, 0.2) is 78.2 Å². The van der Waals surface area contributed by atoms with Gasteiger partial charge in [-0.1, -0.05) is 42.5 Å². The first-order valence-corrected chi connectivity index (χ1v) is 16.5. The number of hydrogen-bond donors (Lipinski definition) is 1. The van der Waals surface area contributed by atoms with Gasteiger partial charge in [0.2, 0.25) is 5.91 Å². The zero-order valence-electron chi connectivity index (χ0n) is 23.9. The largest absolute Gasteiger partial charge is 0.338 e. The molecule has 0 saturated carbocycles. The predicted molar refractivity (Wildman–Crippen MR) is 159 cm³/mol. The van der Waals surface area contributed by atoms with E-state index in [0.29, 0.717) is 44.6 Å². The molecule has 0 bridgehead atoms. The van der Waals surface area contributed by atoms with Gasteiger partial charge in [-0.25, -0.2) is 18.4 Å². The molecule has 0 aliphatic carbocycles. The van der Waals surface area contributed by atoms with Gasteiger partial charge in [0.1, 0.15) is 6.33 Å². The second-order valence-corrected chi connectivity index (χ2v) is 14.0. The number of benzene rings is 2. The number of rotatable bonds is 8. The Morgan fingerprint density at radius 1 is 0.976 bits per heavy atom. The number of hydrogen-bond acceptors (Lipinski definition) is 8. The lowest BCUT2D eigenvalue weighted by atomic mass is 9.74. The Labute approximate surface area is 247 Å². The maximum atomic E-state index is 14.1. The van der Waals surface area contributed by atoms with E-state index in [1.807, 2.05) is 11.0 Å². The Kier molecular flexibility index (Phi) is 7.95. The Bertz CT molecular complexity index is 1520. The molecule has 3 saturated heterocycles. The molecular weight excluding hydrogens is 550 g/mol. The minimum Gasteiger partial charge on any atom is -0.338 e. The van der Waals surface area contributed by atoms with Gasteiger partial charge in [-0.05, 0) is 55.6 Å². The summed E-state index contributed by atoms with van der Waals surface area (Å²) in [5, 5.41) is 3.54. The number of nitrogens with zero attached hydrogens (tertiary/aromatic N) is 4. The average Bonchev–Trinajstić information content (AvgIpc) is 3.60. The van der Waals surface area contributed by atoms with Gasteiger partial charge in [0.15, 0.2) is 15.6 Å². The van der Waals surface area contributed by atoms with E-state index in [0.717, 1.165) is 25.1 Å². The Morgan fingerprint density at radius 3 is 2.31 bits per heavy atom. The third-order valence-corrected chi connectivity index (χ3v) is 10.6. The number of piperidine rings is 1. The summed E-state index contributed by atoms with van der Waals surface area (Å²) < 4.78 is 23.6. The van der Waals surface area contributed by atoms with Crippen LogP contribution in [-0.4, -0.2) is 84.9 Å². The number of amides is 1. The molecular formula is C32H37N5O4S. The molecule has 42 heavy (non-hydrogen) atoms. The van der Waals surface area contributed by atoms with E-state index in [2.05, 4.69) is 44.5 Å². The van der Waals surface area contributed by atoms with Crippen LogP contribution in [0.25, 0.3) is 0 Å². The number of carbonyl (C=O) groups is 2. The molecule has 1 amide bonds. The molecule has 10 heteroatoms. The third-order valence-electron chi connectivity index (χ3n) is 9.48. The van der Waals surface area contributed by atoms with E-state index in [9.17, 15) is 18.0 Å². The van der Waals surface area contributed by atoms with E-state index in [1.54, 1.807) is 36.7 Å². The molecule has 3 aliphatic heterocycles. The van der Waals surface area contributed by atoms with E-state index in [4.69, 9.17) is 0 Å². The number of nitrogens with one attached hydrogen (secondary N) is 1. The minimum atomic E-state index is -3.26. The lowest BCUT2D eigenvalue weighted by Gasteiger charge is -2.43. The second-order valence-electron chi connectivity index (χ2n) is 12.0. The number of likely N-dealkylation sites (tertiary alicyclic amines) is 2. The van der Waals surface area contributed by atoms with Crippen LogP contribution in [0.3, 0.4) is 0 Å². The Hall–Kier alpha value is -3.47. The van der Waals surface area contributed by atoms with Crippen molar-refractivity contribution >= 4 is 21.5 Å². The van der Waals surface area contributed by atoms with Gasteiger partial charge in [0.25, 0.3) is 0 Å². The summed E-state index contributed by atoms with van der Waals surface area (Å²) in [5.41, 5.74) is 2.25. The Morgan fingerprint density at radius 2 is 1.64 bits per heavy atom. The van der Waals surface area contributed by atoms with Gasteiger partial charge in [-0.2, -0.15) is 0 Å². The molecule has 2 aromatic carbocycles. The highest BCUT2D eigenvalue weighted by Crippen LogP contribution is 2.44. The zero-order chi connectivity index (χ0) is 29.3. The van der Waals surface area contributed by atoms with Crippen LogP contribution in [0.4, 0.5) is 0 Å². The molecule has 3 aromatic rings. The number of aromatic nitrogens is 2. The predicted octanol–water partition coefficient (Wildman–Crippen LogP) is 2.95. The lowest BCUT2D eigenvalue weighted by molar-refractivity contribution is -0.139. The molecule has 220 valence electrons. The van der Waals surface area contributed by atoms with Crippen molar-refractivity contribution in [2.75, 3.05) is 39.0 Å². The fourth-order valence-electron chi connectivity index (χ4n) is 7.12. The quantitative estimate of drug-likeness (QED) is 0.401. The fourth-order valence-corrected chi connectivity index (χ4v) is 7.75. The van der Waals surface area contributed by atoms with Crippen LogP contribution in [0.5, 0.6) is 0 Å². The first kappa shape index (κ1) is 28.6. The topological polar surface area (TPSA) is 113 Å². The molecule has 3 fully saturated rings. The van der Waals surface area contributed by atoms with E-state index < -0.39 is 15.3 Å². The highest BCUT2D eigenvalue weighted by atomic mass is 32.2. The van der Waals surface area contributed by atoms with Crippen molar-refractivity contribution in [3.8, 4) is 0 Å². The van der Waals surface area contributed by atoms with Gasteiger partial charge in [-0.3, -0.25) is 14.5 Å². The minimum absolute atomic E-state index is 0.0399. The molecule has 4 heterocycles. The zero-order valence-corrected chi connectivity index (χ0v) is 24.7. The number of carbonyl (C=O) groups excluding carboxylic acids is 2. The molecule has 0 radical (unpaired) electrons. The van der Waals surface area contributed by atoms with Crippen LogP contribution in [0.2, 0.25) is 0 Å². The smallest absolute Gasteiger partial charge is 0.229 e. The van der Waals surface area contributed by atoms with Gasteiger partial charge >= 0.3 is 0 Å². The summed E-state index contributed by atoms with van der Waals surface area (Å²) in [6, 6.07) is 16.9. The molecule has 1 spiro atoms. The maximum absolute atomic E-state index is 14.1. The molecule has 3 atom stereocenters. The van der Waals surface area contributed by atoms with Gasteiger partial charge in [0.05, 0.1) is 21.9 Å². The van der Waals surface area contributed by atoms with Crippen molar-refractivity contribution in [1.29, 1.82) is 0 Å². The van der Waals surface area contributed by atoms with Gasteiger partial charge in [-0.15, -0.1) is 0 Å². The van der Waals surface area contributed by atoms with Crippen LogP contribution >= 0.6 is 0 Å². The summed E-state index contributed by atoms with van der Waals surface area (Å²) in [6.07, 6.45) is 8.06. The average molecular weight is 588 g/mol. The molecule has 3 aliphatic rings. The molecule has 1 unspecified atom stereocenters. The normalized spacial score (nSPS) is 23.4. The van der Waals surface area contributed by atoms with Crippen molar-refractivity contribution in [3.05, 3.63) is 90.0 Å². The van der Waals surface area contributed by atoms with Crippen molar-refractivity contribution in [2.45, 2.75) is 42.7 Å². The van der Waals surface area contributed by atoms with Crippen LogP contribution in [-0.2, 0) is 21.2 Å². The van der Waals surface area contributed by atoms with E-state index in [-0.39, 0.29) is 34.5 Å². The lowest BCUT2D eigenvalue weighted by Crippen LogP contribution is -2.54. The van der Waals surface area contributed by atoms with Crippen molar-refractivity contribution in [1.82, 2.24) is 25.1 Å². The maximum Gasteiger partial charge on any atom is 0.229 e. The highest BCUT2D eigenvalue weighted by molar-refractivity contribution is 7.90. The number of ketones is 1. The molecule has 1 N–H and O–H groups in total. The van der Waals surface area contributed by atoms with Gasteiger partial charge < -0.3 is 10.2 Å².